The van der Waals surface area contributed by atoms with Crippen LogP contribution < -0.4 is 15.8 Å². The number of para-hydroxylation sites is 1. The summed E-state index contributed by atoms with van der Waals surface area (Å²) in [5.41, 5.74) is 9.47. The van der Waals surface area contributed by atoms with Crippen LogP contribution in [-0.2, 0) is 11.2 Å². The molecule has 0 saturated carbocycles. The number of carbonyl (C=O) groups excluding carboxylic acids is 1. The Bertz CT molecular complexity index is 731. The fourth-order valence-corrected chi connectivity index (χ4v) is 3.39. The number of hydrazine groups is 1. The van der Waals surface area contributed by atoms with E-state index in [1.807, 2.05) is 23.1 Å². The third-order valence-corrected chi connectivity index (χ3v) is 4.63. The molecule has 1 amide bonds. The average Bonchev–Trinajstić information content (AvgIpc) is 3.22. The lowest BCUT2D eigenvalue weighted by Crippen LogP contribution is -2.45. The number of halogens is 1. The van der Waals surface area contributed by atoms with Crippen molar-refractivity contribution >= 4 is 11.6 Å². The highest BCUT2D eigenvalue weighted by atomic mass is 19.1. The number of fused-ring (bicyclic) bond motifs is 1. The number of amides is 1. The van der Waals surface area contributed by atoms with Gasteiger partial charge >= 0.3 is 0 Å². The molecule has 2 aromatic carbocycles. The zero-order valence-corrected chi connectivity index (χ0v) is 12.6. The van der Waals surface area contributed by atoms with Gasteiger partial charge in [0.05, 0.1) is 0 Å². The quantitative estimate of drug-likeness (QED) is 0.895. The second-order valence-corrected chi connectivity index (χ2v) is 6.05. The van der Waals surface area contributed by atoms with Crippen LogP contribution in [0.4, 0.5) is 10.1 Å². The van der Waals surface area contributed by atoms with Crippen molar-refractivity contribution in [3.05, 3.63) is 65.5 Å². The molecule has 2 N–H and O–H groups in total. The molecular formula is C18H18FN3O. The SMILES string of the molecule is O=C(C1CC(c2ccc(F)cc2)NN1)N1CCc2ccccc21. The molecule has 0 radical (unpaired) electrons. The Kier molecular flexibility index (Phi) is 3.59. The number of hydrogen-bond donors (Lipinski definition) is 2. The van der Waals surface area contributed by atoms with Crippen molar-refractivity contribution < 1.29 is 9.18 Å². The Morgan fingerprint density at radius 1 is 1.09 bits per heavy atom. The van der Waals surface area contributed by atoms with Crippen LogP contribution in [0.1, 0.15) is 23.6 Å². The second kappa shape index (κ2) is 5.76. The van der Waals surface area contributed by atoms with Gasteiger partial charge in [0.2, 0.25) is 5.91 Å². The number of carbonyl (C=O) groups is 1. The average molecular weight is 311 g/mol. The van der Waals surface area contributed by atoms with Gasteiger partial charge < -0.3 is 4.90 Å². The lowest BCUT2D eigenvalue weighted by molar-refractivity contribution is -0.120. The van der Waals surface area contributed by atoms with E-state index in [4.69, 9.17) is 0 Å². The molecule has 5 heteroatoms. The van der Waals surface area contributed by atoms with Crippen LogP contribution in [0.25, 0.3) is 0 Å². The maximum Gasteiger partial charge on any atom is 0.245 e. The highest BCUT2D eigenvalue weighted by Crippen LogP contribution is 2.30. The predicted octanol–water partition coefficient (Wildman–Crippen LogP) is 2.32. The Morgan fingerprint density at radius 2 is 1.87 bits per heavy atom. The summed E-state index contributed by atoms with van der Waals surface area (Å²) >= 11 is 0. The van der Waals surface area contributed by atoms with Crippen LogP contribution in [0.15, 0.2) is 48.5 Å². The van der Waals surface area contributed by atoms with Crippen molar-refractivity contribution in [1.29, 1.82) is 0 Å². The summed E-state index contributed by atoms with van der Waals surface area (Å²) < 4.78 is 13.0. The van der Waals surface area contributed by atoms with Gasteiger partial charge in [0.15, 0.2) is 0 Å². The van der Waals surface area contributed by atoms with Crippen molar-refractivity contribution in [1.82, 2.24) is 10.9 Å². The van der Waals surface area contributed by atoms with Crippen molar-refractivity contribution in [2.45, 2.75) is 24.9 Å². The first-order valence-electron chi connectivity index (χ1n) is 7.88. The first-order chi connectivity index (χ1) is 11.2. The normalized spacial score (nSPS) is 23.1. The minimum absolute atomic E-state index is 0.0161. The van der Waals surface area contributed by atoms with Gasteiger partial charge in [-0.25, -0.2) is 15.2 Å². The van der Waals surface area contributed by atoms with E-state index in [2.05, 4.69) is 16.9 Å². The molecule has 4 nitrogen and oxygen atoms in total. The van der Waals surface area contributed by atoms with Crippen molar-refractivity contribution in [2.75, 3.05) is 11.4 Å². The Morgan fingerprint density at radius 3 is 2.70 bits per heavy atom. The Hall–Kier alpha value is -2.24. The number of benzene rings is 2. The van der Waals surface area contributed by atoms with E-state index in [0.29, 0.717) is 6.42 Å². The summed E-state index contributed by atoms with van der Waals surface area (Å²) in [7, 11) is 0. The number of nitrogens with zero attached hydrogens (tertiary/aromatic N) is 1. The Labute approximate surface area is 134 Å². The van der Waals surface area contributed by atoms with E-state index < -0.39 is 0 Å². The maximum absolute atomic E-state index is 13.0. The van der Waals surface area contributed by atoms with Crippen LogP contribution in [0.5, 0.6) is 0 Å². The summed E-state index contributed by atoms with van der Waals surface area (Å²) in [6, 6.07) is 14.2. The van der Waals surface area contributed by atoms with E-state index in [-0.39, 0.29) is 23.8 Å². The molecule has 1 fully saturated rings. The molecule has 0 bridgehead atoms. The molecule has 2 aromatic rings. The summed E-state index contributed by atoms with van der Waals surface area (Å²) in [6.45, 7) is 0.734. The van der Waals surface area contributed by atoms with Crippen molar-refractivity contribution in [3.8, 4) is 0 Å². The van der Waals surface area contributed by atoms with E-state index in [9.17, 15) is 9.18 Å². The summed E-state index contributed by atoms with van der Waals surface area (Å²) in [6.07, 6.45) is 1.56. The number of anilines is 1. The molecule has 0 spiro atoms. The standard InChI is InChI=1S/C18H18FN3O/c19-14-7-5-12(6-8-14)15-11-16(21-20-15)18(23)22-10-9-13-3-1-2-4-17(13)22/h1-8,15-16,20-21H,9-11H2. The third-order valence-electron chi connectivity index (χ3n) is 4.63. The third kappa shape index (κ3) is 2.62. The summed E-state index contributed by atoms with van der Waals surface area (Å²) in [5.74, 6) is -0.159. The van der Waals surface area contributed by atoms with Crippen LogP contribution >= 0.6 is 0 Å². The fourth-order valence-electron chi connectivity index (χ4n) is 3.39. The molecule has 118 valence electrons. The van der Waals surface area contributed by atoms with Gasteiger partial charge in [0.25, 0.3) is 0 Å². The number of nitrogens with one attached hydrogen (secondary N) is 2. The zero-order chi connectivity index (χ0) is 15.8. The van der Waals surface area contributed by atoms with Gasteiger partial charge in [-0.2, -0.15) is 0 Å². The highest BCUT2D eigenvalue weighted by molar-refractivity contribution is 5.99. The molecular weight excluding hydrogens is 293 g/mol. The fraction of sp³-hybridized carbons (Fsp3) is 0.278. The van der Waals surface area contributed by atoms with Crippen LogP contribution in [0, 0.1) is 5.82 Å². The van der Waals surface area contributed by atoms with Crippen LogP contribution in [0.3, 0.4) is 0 Å². The number of hydrogen-bond acceptors (Lipinski definition) is 3. The minimum Gasteiger partial charge on any atom is -0.310 e. The summed E-state index contributed by atoms with van der Waals surface area (Å²) in [4.78, 5) is 14.7. The highest BCUT2D eigenvalue weighted by Gasteiger charge is 2.35. The van der Waals surface area contributed by atoms with Gasteiger partial charge in [0.1, 0.15) is 11.9 Å². The molecule has 2 aliphatic rings. The van der Waals surface area contributed by atoms with Crippen molar-refractivity contribution in [3.63, 3.8) is 0 Å². The van der Waals surface area contributed by atoms with Gasteiger partial charge in [-0.05, 0) is 42.2 Å². The van der Waals surface area contributed by atoms with Crippen LogP contribution in [-0.4, -0.2) is 18.5 Å². The second-order valence-electron chi connectivity index (χ2n) is 6.05. The summed E-state index contributed by atoms with van der Waals surface area (Å²) in [5, 5.41) is 0. The molecule has 2 atom stereocenters. The van der Waals surface area contributed by atoms with E-state index in [1.54, 1.807) is 12.1 Å². The van der Waals surface area contributed by atoms with Gasteiger partial charge in [-0.3, -0.25) is 4.79 Å². The lowest BCUT2D eigenvalue weighted by Gasteiger charge is -2.21. The molecule has 2 aliphatic heterocycles. The molecule has 4 rings (SSSR count). The lowest BCUT2D eigenvalue weighted by atomic mass is 10.0. The largest absolute Gasteiger partial charge is 0.310 e. The van der Waals surface area contributed by atoms with E-state index in [1.165, 1.54) is 17.7 Å². The van der Waals surface area contributed by atoms with E-state index >= 15 is 0 Å². The van der Waals surface area contributed by atoms with Gasteiger partial charge in [-0.15, -0.1) is 0 Å². The Balaban J connectivity index is 1.48. The monoisotopic (exact) mass is 311 g/mol. The molecule has 2 heterocycles. The van der Waals surface area contributed by atoms with Crippen LogP contribution in [0.2, 0.25) is 0 Å². The predicted molar refractivity (Wildman–Crippen MR) is 86.3 cm³/mol. The van der Waals surface area contributed by atoms with E-state index in [0.717, 1.165) is 24.2 Å². The minimum atomic E-state index is -0.267. The molecule has 23 heavy (non-hydrogen) atoms. The zero-order valence-electron chi connectivity index (χ0n) is 12.6. The number of rotatable bonds is 2. The molecule has 1 saturated heterocycles. The van der Waals surface area contributed by atoms with Gasteiger partial charge in [0, 0.05) is 18.3 Å². The first-order valence-corrected chi connectivity index (χ1v) is 7.88. The smallest absolute Gasteiger partial charge is 0.245 e. The maximum atomic E-state index is 13.0. The molecule has 0 aliphatic carbocycles. The molecule has 0 aromatic heterocycles. The topological polar surface area (TPSA) is 44.4 Å². The van der Waals surface area contributed by atoms with Gasteiger partial charge in [-0.1, -0.05) is 30.3 Å². The first kappa shape index (κ1) is 14.4. The van der Waals surface area contributed by atoms with Crippen molar-refractivity contribution in [2.24, 2.45) is 0 Å². The molecule has 2 unspecified atom stereocenters.